The standard InChI is InChI=1S/C5H2ClN2S/c6-4-2-8-3-7-1-5(8)9-4/h1,3H. The normalized spacial score (nSPS) is 10.8. The lowest BCUT2D eigenvalue weighted by atomic mass is 10.9. The van der Waals surface area contributed by atoms with E-state index in [9.17, 15) is 0 Å². The quantitative estimate of drug-likeness (QED) is 0.571. The van der Waals surface area contributed by atoms with Crippen molar-refractivity contribution >= 4 is 27.8 Å². The van der Waals surface area contributed by atoms with E-state index in [-0.39, 0.29) is 0 Å². The van der Waals surface area contributed by atoms with Crippen molar-refractivity contribution in [2.24, 2.45) is 0 Å². The Hall–Kier alpha value is -0.540. The summed E-state index contributed by atoms with van der Waals surface area (Å²) in [5.74, 6) is 0. The van der Waals surface area contributed by atoms with E-state index in [1.54, 1.807) is 16.9 Å². The van der Waals surface area contributed by atoms with Gasteiger partial charge in [0.15, 0.2) is 0 Å². The second-order valence-electron chi connectivity index (χ2n) is 1.59. The third kappa shape index (κ3) is 0.730. The number of thiazole rings is 1. The summed E-state index contributed by atoms with van der Waals surface area (Å²) in [6, 6.07) is 0. The Bertz CT molecular complexity index is 296. The highest BCUT2D eigenvalue weighted by molar-refractivity contribution is 7.21. The molecule has 0 spiro atoms. The van der Waals surface area contributed by atoms with Gasteiger partial charge in [-0.3, -0.25) is 4.40 Å². The van der Waals surface area contributed by atoms with Gasteiger partial charge in [0.25, 0.3) is 0 Å². The summed E-state index contributed by atoms with van der Waals surface area (Å²) in [6.07, 6.45) is 6.31. The second-order valence-corrected chi connectivity index (χ2v) is 3.22. The van der Waals surface area contributed by atoms with E-state index in [0.29, 0.717) is 4.34 Å². The monoisotopic (exact) mass is 157 g/mol. The maximum absolute atomic E-state index is 5.64. The molecule has 2 aromatic heterocycles. The number of imidazole rings is 1. The number of hydrogen-bond donors (Lipinski definition) is 0. The molecule has 45 valence electrons. The van der Waals surface area contributed by atoms with Crippen molar-refractivity contribution in [3.63, 3.8) is 0 Å². The van der Waals surface area contributed by atoms with Crippen LogP contribution in [0.4, 0.5) is 0 Å². The van der Waals surface area contributed by atoms with Gasteiger partial charge in [0, 0.05) is 0 Å². The number of fused-ring (bicyclic) bond motifs is 1. The molecule has 0 aliphatic carbocycles. The van der Waals surface area contributed by atoms with Crippen molar-refractivity contribution in [3.05, 3.63) is 23.1 Å². The summed E-state index contributed by atoms with van der Waals surface area (Å²) in [4.78, 5) is 4.91. The van der Waals surface area contributed by atoms with Gasteiger partial charge >= 0.3 is 0 Å². The first-order valence-corrected chi connectivity index (χ1v) is 3.55. The molecule has 0 saturated carbocycles. The van der Waals surface area contributed by atoms with Gasteiger partial charge in [0.1, 0.15) is 21.7 Å². The first-order valence-electron chi connectivity index (χ1n) is 2.36. The van der Waals surface area contributed by atoms with Crippen molar-refractivity contribution in [1.29, 1.82) is 0 Å². The van der Waals surface area contributed by atoms with Crippen molar-refractivity contribution in [3.8, 4) is 0 Å². The van der Waals surface area contributed by atoms with Crippen LogP contribution in [0.1, 0.15) is 0 Å². The van der Waals surface area contributed by atoms with Crippen molar-refractivity contribution in [1.82, 2.24) is 9.38 Å². The average Bonchev–Trinajstić information content (AvgIpc) is 2.22. The van der Waals surface area contributed by atoms with Gasteiger partial charge in [0.05, 0.1) is 6.20 Å². The van der Waals surface area contributed by atoms with Crippen LogP contribution in [-0.2, 0) is 0 Å². The maximum Gasteiger partial charge on any atom is 0.121 e. The highest BCUT2D eigenvalue weighted by Crippen LogP contribution is 2.20. The van der Waals surface area contributed by atoms with E-state index >= 15 is 0 Å². The highest BCUT2D eigenvalue weighted by atomic mass is 35.5. The first-order chi connectivity index (χ1) is 4.36. The van der Waals surface area contributed by atoms with Crippen molar-refractivity contribution < 1.29 is 0 Å². The molecule has 2 aromatic rings. The molecule has 0 bridgehead atoms. The fraction of sp³-hybridized carbons (Fsp3) is 0. The predicted molar refractivity (Wildman–Crippen MR) is 36.9 cm³/mol. The molecule has 0 N–H and O–H groups in total. The van der Waals surface area contributed by atoms with E-state index in [1.807, 2.05) is 0 Å². The molecule has 0 aliphatic heterocycles. The van der Waals surface area contributed by atoms with Crippen LogP contribution in [0.5, 0.6) is 0 Å². The minimum absolute atomic E-state index is 0.674. The summed E-state index contributed by atoms with van der Waals surface area (Å²) >= 11 is 7.11. The second kappa shape index (κ2) is 1.72. The summed E-state index contributed by atoms with van der Waals surface area (Å²) in [7, 11) is 0. The number of rotatable bonds is 0. The number of nitrogens with zero attached hydrogens (tertiary/aromatic N) is 2. The minimum atomic E-state index is 0.674. The van der Waals surface area contributed by atoms with Gasteiger partial charge < -0.3 is 0 Å². The summed E-state index contributed by atoms with van der Waals surface area (Å²) in [5, 5.41) is 0. The lowest BCUT2D eigenvalue weighted by Gasteiger charge is -1.70. The molecule has 0 aromatic carbocycles. The Morgan fingerprint density at radius 2 is 2.67 bits per heavy atom. The Balaban J connectivity index is 2.92. The molecule has 0 aliphatic rings. The van der Waals surface area contributed by atoms with Crippen LogP contribution in [0.2, 0.25) is 4.34 Å². The number of aromatic nitrogens is 2. The largest absolute Gasteiger partial charge is 0.286 e. The molecular formula is C5H2ClN2S. The molecule has 2 heterocycles. The van der Waals surface area contributed by atoms with E-state index in [2.05, 4.69) is 11.2 Å². The van der Waals surface area contributed by atoms with Crippen LogP contribution in [-0.4, -0.2) is 9.38 Å². The van der Waals surface area contributed by atoms with Crippen LogP contribution < -0.4 is 0 Å². The molecule has 0 unspecified atom stereocenters. The third-order valence-electron chi connectivity index (χ3n) is 1.01. The van der Waals surface area contributed by atoms with E-state index in [4.69, 9.17) is 11.6 Å². The topological polar surface area (TPSA) is 17.3 Å². The van der Waals surface area contributed by atoms with Crippen LogP contribution in [0.15, 0.2) is 12.5 Å². The Labute approximate surface area is 60.7 Å². The summed E-state index contributed by atoms with van der Waals surface area (Å²) in [6.45, 7) is 0. The third-order valence-corrected chi connectivity index (χ3v) is 2.10. The summed E-state index contributed by atoms with van der Waals surface area (Å²) in [5.41, 5.74) is 0. The lowest BCUT2D eigenvalue weighted by Crippen LogP contribution is -1.67. The molecule has 4 heteroatoms. The SMILES string of the molecule is Clc1[c]n2cncc2s1. The minimum Gasteiger partial charge on any atom is -0.286 e. The fourth-order valence-corrected chi connectivity index (χ4v) is 1.61. The van der Waals surface area contributed by atoms with Crippen LogP contribution >= 0.6 is 22.9 Å². The zero-order chi connectivity index (χ0) is 6.27. The molecule has 2 nitrogen and oxygen atoms in total. The number of halogens is 1. The molecule has 9 heavy (non-hydrogen) atoms. The molecule has 0 atom stereocenters. The van der Waals surface area contributed by atoms with E-state index < -0.39 is 0 Å². The molecular weight excluding hydrogens is 156 g/mol. The molecule has 0 amide bonds. The first kappa shape index (κ1) is 5.26. The zero-order valence-electron chi connectivity index (χ0n) is 4.34. The van der Waals surface area contributed by atoms with Crippen LogP contribution in [0.3, 0.4) is 0 Å². The molecule has 0 fully saturated rings. The molecule has 0 saturated heterocycles. The molecule has 2 rings (SSSR count). The van der Waals surface area contributed by atoms with Crippen molar-refractivity contribution in [2.75, 3.05) is 0 Å². The fourth-order valence-electron chi connectivity index (χ4n) is 0.652. The van der Waals surface area contributed by atoms with E-state index in [0.717, 1.165) is 4.83 Å². The van der Waals surface area contributed by atoms with E-state index in [1.165, 1.54) is 11.3 Å². The maximum atomic E-state index is 5.64. The van der Waals surface area contributed by atoms with Crippen LogP contribution in [0, 0.1) is 6.20 Å². The average molecular weight is 158 g/mol. The Morgan fingerprint density at radius 3 is 3.44 bits per heavy atom. The van der Waals surface area contributed by atoms with Gasteiger partial charge in [-0.15, -0.1) is 11.3 Å². The Morgan fingerprint density at radius 1 is 1.78 bits per heavy atom. The zero-order valence-corrected chi connectivity index (χ0v) is 5.91. The smallest absolute Gasteiger partial charge is 0.121 e. The van der Waals surface area contributed by atoms with Gasteiger partial charge in [0.2, 0.25) is 0 Å². The lowest BCUT2D eigenvalue weighted by molar-refractivity contribution is 1.17. The van der Waals surface area contributed by atoms with Gasteiger partial charge in [-0.25, -0.2) is 4.98 Å². The Kier molecular flexibility index (Phi) is 1.00. The molecule has 1 radical (unpaired) electrons. The predicted octanol–water partition coefficient (Wildman–Crippen LogP) is 1.85. The van der Waals surface area contributed by atoms with Gasteiger partial charge in [-0.05, 0) is 0 Å². The van der Waals surface area contributed by atoms with Crippen molar-refractivity contribution in [2.45, 2.75) is 0 Å². The summed E-state index contributed by atoms with van der Waals surface area (Å²) < 4.78 is 2.44. The van der Waals surface area contributed by atoms with Gasteiger partial charge in [-0.2, -0.15) is 0 Å². The number of hydrogen-bond acceptors (Lipinski definition) is 2. The van der Waals surface area contributed by atoms with Crippen LogP contribution in [0.25, 0.3) is 4.83 Å². The highest BCUT2D eigenvalue weighted by Gasteiger charge is 1.97. The van der Waals surface area contributed by atoms with Gasteiger partial charge in [-0.1, -0.05) is 11.6 Å².